The first kappa shape index (κ1) is 12.4. The highest BCUT2D eigenvalue weighted by Gasteiger charge is 2.08. The van der Waals surface area contributed by atoms with E-state index in [1.165, 1.54) is 7.11 Å². The molecule has 0 aliphatic carbocycles. The van der Waals surface area contributed by atoms with Gasteiger partial charge in [0.15, 0.2) is 0 Å². The number of hydrogen-bond acceptors (Lipinski definition) is 4. The summed E-state index contributed by atoms with van der Waals surface area (Å²) in [7, 11) is 1.34. The molecule has 2 N–H and O–H groups in total. The summed E-state index contributed by atoms with van der Waals surface area (Å²) >= 11 is 6.04. The number of nitrogens with zero attached hydrogens (tertiary/aromatic N) is 1. The van der Waals surface area contributed by atoms with Crippen LogP contribution in [0, 0.1) is 0 Å². The second-order valence-corrected chi connectivity index (χ2v) is 4.02. The van der Waals surface area contributed by atoms with Gasteiger partial charge in [-0.25, -0.2) is 9.78 Å². The number of halogens is 1. The number of imidazole rings is 1. The number of benzene rings is 1. The van der Waals surface area contributed by atoms with E-state index in [9.17, 15) is 4.79 Å². The lowest BCUT2D eigenvalue weighted by Gasteiger charge is -2.08. The van der Waals surface area contributed by atoms with Crippen LogP contribution in [0.25, 0.3) is 0 Å². The number of carbonyl (C=O) groups excluding carboxylic acids is 1. The van der Waals surface area contributed by atoms with Gasteiger partial charge in [0.2, 0.25) is 0 Å². The van der Waals surface area contributed by atoms with Crippen LogP contribution in [0.1, 0.15) is 16.1 Å². The summed E-state index contributed by atoms with van der Waals surface area (Å²) in [6.07, 6.45) is 3.31. The monoisotopic (exact) mass is 265 g/mol. The van der Waals surface area contributed by atoms with Crippen LogP contribution >= 0.6 is 11.6 Å². The molecule has 94 valence electrons. The number of aromatic amines is 1. The topological polar surface area (TPSA) is 67.0 Å². The van der Waals surface area contributed by atoms with Crippen molar-refractivity contribution in [2.75, 3.05) is 12.4 Å². The fourth-order valence-electron chi connectivity index (χ4n) is 1.48. The zero-order valence-electron chi connectivity index (χ0n) is 9.74. The van der Waals surface area contributed by atoms with Crippen molar-refractivity contribution in [1.29, 1.82) is 0 Å². The smallest absolute Gasteiger partial charge is 0.337 e. The number of carbonyl (C=O) groups is 1. The SMILES string of the molecule is COC(=O)c1ccc(Cl)c(NCc2cnc[nH]2)c1. The van der Waals surface area contributed by atoms with E-state index in [0.717, 1.165) is 5.69 Å². The minimum atomic E-state index is -0.392. The Morgan fingerprint density at radius 1 is 1.56 bits per heavy atom. The normalized spacial score (nSPS) is 10.1. The third-order valence-electron chi connectivity index (χ3n) is 2.41. The minimum Gasteiger partial charge on any atom is -0.465 e. The first-order chi connectivity index (χ1) is 8.70. The van der Waals surface area contributed by atoms with Gasteiger partial charge in [0.1, 0.15) is 0 Å². The highest BCUT2D eigenvalue weighted by molar-refractivity contribution is 6.33. The van der Waals surface area contributed by atoms with Crippen molar-refractivity contribution >= 4 is 23.3 Å². The molecule has 0 atom stereocenters. The zero-order valence-corrected chi connectivity index (χ0v) is 10.5. The van der Waals surface area contributed by atoms with Gasteiger partial charge in [0, 0.05) is 6.20 Å². The summed E-state index contributed by atoms with van der Waals surface area (Å²) in [5.41, 5.74) is 2.05. The number of anilines is 1. The standard InChI is InChI=1S/C12H12ClN3O2/c1-18-12(17)8-2-3-10(13)11(4-8)15-6-9-5-14-7-16-9/h2-5,7,15H,6H2,1H3,(H,14,16). The minimum absolute atomic E-state index is 0.392. The predicted octanol–water partition coefficient (Wildman–Crippen LogP) is 2.46. The van der Waals surface area contributed by atoms with Crippen molar-refractivity contribution in [1.82, 2.24) is 9.97 Å². The summed E-state index contributed by atoms with van der Waals surface area (Å²) in [6.45, 7) is 0.546. The fourth-order valence-corrected chi connectivity index (χ4v) is 1.66. The van der Waals surface area contributed by atoms with E-state index in [2.05, 4.69) is 20.0 Å². The lowest BCUT2D eigenvalue weighted by molar-refractivity contribution is 0.0601. The number of aromatic nitrogens is 2. The van der Waals surface area contributed by atoms with Crippen molar-refractivity contribution in [2.45, 2.75) is 6.54 Å². The maximum absolute atomic E-state index is 11.4. The first-order valence-corrected chi connectivity index (χ1v) is 5.67. The van der Waals surface area contributed by atoms with Crippen LogP contribution in [0.5, 0.6) is 0 Å². The highest BCUT2D eigenvalue weighted by atomic mass is 35.5. The van der Waals surface area contributed by atoms with E-state index < -0.39 is 5.97 Å². The molecule has 5 nitrogen and oxygen atoms in total. The van der Waals surface area contributed by atoms with Gasteiger partial charge in [0.05, 0.1) is 41.9 Å². The van der Waals surface area contributed by atoms with Gasteiger partial charge in [0.25, 0.3) is 0 Å². The molecule has 0 saturated carbocycles. The third kappa shape index (κ3) is 2.81. The Morgan fingerprint density at radius 3 is 3.06 bits per heavy atom. The molecule has 0 radical (unpaired) electrons. The summed E-state index contributed by atoms with van der Waals surface area (Å²) in [5, 5.41) is 3.67. The van der Waals surface area contributed by atoms with Gasteiger partial charge in [-0.2, -0.15) is 0 Å². The molecule has 2 rings (SSSR count). The Kier molecular flexibility index (Phi) is 3.84. The van der Waals surface area contributed by atoms with Gasteiger partial charge in [-0.15, -0.1) is 0 Å². The quantitative estimate of drug-likeness (QED) is 0.834. The zero-order chi connectivity index (χ0) is 13.0. The Bertz CT molecular complexity index is 540. The van der Waals surface area contributed by atoms with E-state index in [1.54, 1.807) is 30.7 Å². The van der Waals surface area contributed by atoms with E-state index >= 15 is 0 Å². The number of rotatable bonds is 4. The number of methoxy groups -OCH3 is 1. The highest BCUT2D eigenvalue weighted by Crippen LogP contribution is 2.23. The number of esters is 1. The fraction of sp³-hybridized carbons (Fsp3) is 0.167. The third-order valence-corrected chi connectivity index (χ3v) is 2.74. The largest absolute Gasteiger partial charge is 0.465 e. The van der Waals surface area contributed by atoms with Gasteiger partial charge >= 0.3 is 5.97 Å². The Labute approximate surface area is 109 Å². The Hall–Kier alpha value is -2.01. The molecule has 0 aliphatic rings. The number of nitrogens with one attached hydrogen (secondary N) is 2. The molecule has 0 fully saturated rings. The molecule has 6 heteroatoms. The average molecular weight is 266 g/mol. The van der Waals surface area contributed by atoms with Crippen LogP contribution in [0.3, 0.4) is 0 Å². The summed E-state index contributed by atoms with van der Waals surface area (Å²) in [6, 6.07) is 4.93. The molecule has 0 bridgehead atoms. The van der Waals surface area contributed by atoms with Crippen LogP contribution in [-0.2, 0) is 11.3 Å². The molecule has 1 heterocycles. The van der Waals surface area contributed by atoms with Crippen LogP contribution in [0.15, 0.2) is 30.7 Å². The molecule has 18 heavy (non-hydrogen) atoms. The van der Waals surface area contributed by atoms with Gasteiger partial charge in [-0.3, -0.25) is 0 Å². The maximum atomic E-state index is 11.4. The first-order valence-electron chi connectivity index (χ1n) is 5.29. The van der Waals surface area contributed by atoms with Crippen molar-refractivity contribution < 1.29 is 9.53 Å². The van der Waals surface area contributed by atoms with Gasteiger partial charge in [-0.1, -0.05) is 11.6 Å². The molecule has 0 saturated heterocycles. The van der Waals surface area contributed by atoms with Crippen LogP contribution in [-0.4, -0.2) is 23.0 Å². The second-order valence-electron chi connectivity index (χ2n) is 3.62. The van der Waals surface area contributed by atoms with Crippen LogP contribution in [0.4, 0.5) is 5.69 Å². The number of hydrogen-bond donors (Lipinski definition) is 2. The molecular weight excluding hydrogens is 254 g/mol. The Balaban J connectivity index is 2.13. The van der Waals surface area contributed by atoms with Gasteiger partial charge < -0.3 is 15.0 Å². The van der Waals surface area contributed by atoms with Crippen molar-refractivity contribution in [3.63, 3.8) is 0 Å². The molecule has 0 amide bonds. The molecule has 0 spiro atoms. The van der Waals surface area contributed by atoms with Crippen LogP contribution in [0.2, 0.25) is 5.02 Å². The molecule has 1 aromatic heterocycles. The van der Waals surface area contributed by atoms with E-state index in [4.69, 9.17) is 11.6 Å². The van der Waals surface area contributed by atoms with E-state index in [-0.39, 0.29) is 0 Å². The molecular formula is C12H12ClN3O2. The average Bonchev–Trinajstić information content (AvgIpc) is 2.90. The molecule has 1 aromatic carbocycles. The number of ether oxygens (including phenoxy) is 1. The Morgan fingerprint density at radius 2 is 2.39 bits per heavy atom. The predicted molar refractivity (Wildman–Crippen MR) is 68.7 cm³/mol. The summed E-state index contributed by atoms with van der Waals surface area (Å²) in [5.74, 6) is -0.392. The van der Waals surface area contributed by atoms with Crippen LogP contribution < -0.4 is 5.32 Å². The lowest BCUT2D eigenvalue weighted by atomic mass is 10.2. The molecule has 0 aliphatic heterocycles. The second kappa shape index (κ2) is 5.55. The maximum Gasteiger partial charge on any atom is 0.337 e. The van der Waals surface area contributed by atoms with Crippen molar-refractivity contribution in [3.8, 4) is 0 Å². The lowest BCUT2D eigenvalue weighted by Crippen LogP contribution is -2.04. The van der Waals surface area contributed by atoms with Crippen molar-refractivity contribution in [3.05, 3.63) is 47.0 Å². The molecule has 2 aromatic rings. The summed E-state index contributed by atoms with van der Waals surface area (Å²) in [4.78, 5) is 18.3. The molecule has 0 unspecified atom stereocenters. The van der Waals surface area contributed by atoms with Gasteiger partial charge in [-0.05, 0) is 18.2 Å². The van der Waals surface area contributed by atoms with E-state index in [1.807, 2.05) is 0 Å². The summed E-state index contributed by atoms with van der Waals surface area (Å²) < 4.78 is 4.66. The number of H-pyrrole nitrogens is 1. The van der Waals surface area contributed by atoms with E-state index in [0.29, 0.717) is 22.8 Å². The van der Waals surface area contributed by atoms with Crippen molar-refractivity contribution in [2.24, 2.45) is 0 Å².